The number of hydrogen-bond acceptors (Lipinski definition) is 4. The van der Waals surface area contributed by atoms with Gasteiger partial charge in [0, 0.05) is 31.9 Å². The van der Waals surface area contributed by atoms with Crippen LogP contribution in [-0.2, 0) is 16.6 Å². The second kappa shape index (κ2) is 7.44. The van der Waals surface area contributed by atoms with Gasteiger partial charge in [-0.3, -0.25) is 4.68 Å². The predicted octanol–water partition coefficient (Wildman–Crippen LogP) is 0.858. The molecule has 1 saturated heterocycles. The summed E-state index contributed by atoms with van der Waals surface area (Å²) in [6.45, 7) is 3.59. The van der Waals surface area contributed by atoms with Gasteiger partial charge in [0.05, 0.1) is 6.20 Å². The molecule has 0 amide bonds. The number of piperidine rings is 1. The summed E-state index contributed by atoms with van der Waals surface area (Å²) in [6, 6.07) is 0.125. The van der Waals surface area contributed by atoms with Crippen LogP contribution in [0.1, 0.15) is 19.8 Å². The summed E-state index contributed by atoms with van der Waals surface area (Å²) < 4.78 is 27.6. The number of hydrogen-bond donors (Lipinski definition) is 1. The van der Waals surface area contributed by atoms with Crippen molar-refractivity contribution in [2.24, 2.45) is 5.73 Å². The van der Waals surface area contributed by atoms with Crippen molar-refractivity contribution in [2.45, 2.75) is 37.2 Å². The molecule has 0 bridgehead atoms. The van der Waals surface area contributed by atoms with Gasteiger partial charge in [0.1, 0.15) is 4.90 Å². The van der Waals surface area contributed by atoms with Crippen LogP contribution in [0.3, 0.4) is 0 Å². The van der Waals surface area contributed by atoms with E-state index in [0.29, 0.717) is 19.6 Å². The molecular weight excluding hydrogens is 311 g/mol. The first-order valence-corrected chi connectivity index (χ1v) is 7.26. The van der Waals surface area contributed by atoms with Crippen LogP contribution < -0.4 is 5.73 Å². The summed E-state index contributed by atoms with van der Waals surface area (Å²) in [5, 5.41) is 4.00. The Kier molecular flexibility index (Phi) is 7.31. The van der Waals surface area contributed by atoms with Gasteiger partial charge in [-0.05, 0) is 19.8 Å². The molecule has 0 aromatic carbocycles. The average molecular weight is 331 g/mol. The highest BCUT2D eigenvalue weighted by Gasteiger charge is 2.29. The number of nitrogens with zero attached hydrogens (tertiary/aromatic N) is 3. The van der Waals surface area contributed by atoms with Crippen LogP contribution >= 0.6 is 24.8 Å². The molecule has 0 saturated carbocycles. The van der Waals surface area contributed by atoms with Crippen molar-refractivity contribution >= 4 is 34.8 Å². The molecule has 1 aliphatic heterocycles. The fourth-order valence-electron chi connectivity index (χ4n) is 1.92. The Balaban J connectivity index is 0.00000162. The first-order valence-electron chi connectivity index (χ1n) is 5.82. The van der Waals surface area contributed by atoms with Crippen LogP contribution in [0.4, 0.5) is 0 Å². The van der Waals surface area contributed by atoms with E-state index in [2.05, 4.69) is 5.10 Å². The van der Waals surface area contributed by atoms with Crippen molar-refractivity contribution in [2.75, 3.05) is 13.1 Å². The molecule has 2 N–H and O–H groups in total. The number of aryl methyl sites for hydroxylation is 1. The fraction of sp³-hybridized carbons (Fsp3) is 0.700. The molecule has 9 heteroatoms. The molecule has 1 aliphatic rings. The molecule has 0 aliphatic carbocycles. The van der Waals surface area contributed by atoms with Crippen LogP contribution in [0.2, 0.25) is 0 Å². The van der Waals surface area contributed by atoms with Gasteiger partial charge < -0.3 is 5.73 Å². The molecule has 6 nitrogen and oxygen atoms in total. The lowest BCUT2D eigenvalue weighted by molar-refractivity contribution is 0.320. The molecule has 0 radical (unpaired) electrons. The van der Waals surface area contributed by atoms with Gasteiger partial charge in [-0.25, -0.2) is 8.42 Å². The Labute approximate surface area is 126 Å². The molecule has 1 fully saturated rings. The van der Waals surface area contributed by atoms with E-state index in [-0.39, 0.29) is 35.8 Å². The Hall–Kier alpha value is -0.340. The summed E-state index contributed by atoms with van der Waals surface area (Å²) in [7, 11) is -3.38. The second-order valence-corrected chi connectivity index (χ2v) is 6.21. The van der Waals surface area contributed by atoms with Crippen LogP contribution in [0.25, 0.3) is 0 Å². The molecular formula is C10H20Cl2N4O2S. The van der Waals surface area contributed by atoms with E-state index in [1.807, 2.05) is 6.92 Å². The molecule has 2 heterocycles. The third-order valence-electron chi connectivity index (χ3n) is 3.07. The van der Waals surface area contributed by atoms with E-state index < -0.39 is 10.0 Å². The molecule has 0 atom stereocenters. The van der Waals surface area contributed by atoms with Gasteiger partial charge in [-0.2, -0.15) is 9.40 Å². The number of rotatable bonds is 3. The lowest BCUT2D eigenvalue weighted by atomic mass is 10.1. The lowest BCUT2D eigenvalue weighted by Gasteiger charge is -2.28. The number of aromatic nitrogens is 2. The minimum atomic E-state index is -3.38. The van der Waals surface area contributed by atoms with Gasteiger partial charge in [-0.15, -0.1) is 24.8 Å². The second-order valence-electron chi connectivity index (χ2n) is 4.27. The maximum Gasteiger partial charge on any atom is 0.246 e. The van der Waals surface area contributed by atoms with Crippen LogP contribution in [0.5, 0.6) is 0 Å². The first kappa shape index (κ1) is 18.7. The minimum absolute atomic E-state index is 0. The molecule has 0 unspecified atom stereocenters. The van der Waals surface area contributed by atoms with Gasteiger partial charge >= 0.3 is 0 Å². The quantitative estimate of drug-likeness (QED) is 0.891. The van der Waals surface area contributed by atoms with E-state index >= 15 is 0 Å². The lowest BCUT2D eigenvalue weighted by Crippen LogP contribution is -2.42. The fourth-order valence-corrected chi connectivity index (χ4v) is 3.34. The van der Waals surface area contributed by atoms with E-state index in [9.17, 15) is 8.42 Å². The maximum atomic E-state index is 12.3. The summed E-state index contributed by atoms with van der Waals surface area (Å²) in [5.74, 6) is 0. The van der Waals surface area contributed by atoms with Gasteiger partial charge in [0.2, 0.25) is 10.0 Å². The van der Waals surface area contributed by atoms with Crippen LogP contribution in [0.15, 0.2) is 17.3 Å². The number of sulfonamides is 1. The Morgan fingerprint density at radius 1 is 1.37 bits per heavy atom. The summed E-state index contributed by atoms with van der Waals surface area (Å²) >= 11 is 0. The Bertz CT molecular complexity index is 483. The maximum absolute atomic E-state index is 12.3. The normalized spacial score (nSPS) is 17.6. The molecule has 0 spiro atoms. The van der Waals surface area contributed by atoms with E-state index in [1.54, 1.807) is 10.9 Å². The highest BCUT2D eigenvalue weighted by molar-refractivity contribution is 7.89. The smallest absolute Gasteiger partial charge is 0.246 e. The van der Waals surface area contributed by atoms with Gasteiger partial charge in [-0.1, -0.05) is 0 Å². The highest BCUT2D eigenvalue weighted by atomic mass is 35.5. The van der Waals surface area contributed by atoms with Gasteiger partial charge in [0.25, 0.3) is 0 Å². The van der Waals surface area contributed by atoms with E-state index in [1.165, 1.54) is 10.5 Å². The van der Waals surface area contributed by atoms with Gasteiger partial charge in [0.15, 0.2) is 0 Å². The molecule has 19 heavy (non-hydrogen) atoms. The monoisotopic (exact) mass is 330 g/mol. The van der Waals surface area contributed by atoms with Crippen molar-refractivity contribution in [3.63, 3.8) is 0 Å². The number of halogens is 2. The average Bonchev–Trinajstić information content (AvgIpc) is 2.78. The Morgan fingerprint density at radius 2 is 1.95 bits per heavy atom. The van der Waals surface area contributed by atoms with Crippen molar-refractivity contribution in [3.05, 3.63) is 12.4 Å². The molecule has 1 aromatic rings. The standard InChI is InChI=1S/C10H18N4O2S.2ClH/c1-2-13-8-10(7-12-13)17(15,16)14-5-3-9(11)4-6-14;;/h7-9H,2-6,11H2,1H3;2*1H. The molecule has 112 valence electrons. The Morgan fingerprint density at radius 3 is 2.42 bits per heavy atom. The zero-order chi connectivity index (χ0) is 12.5. The predicted molar refractivity (Wildman–Crippen MR) is 78.4 cm³/mol. The van der Waals surface area contributed by atoms with E-state index in [0.717, 1.165) is 12.8 Å². The van der Waals surface area contributed by atoms with Crippen molar-refractivity contribution in [1.29, 1.82) is 0 Å². The summed E-state index contributed by atoms with van der Waals surface area (Å²) in [4.78, 5) is 0.273. The summed E-state index contributed by atoms with van der Waals surface area (Å²) in [5.41, 5.74) is 5.77. The van der Waals surface area contributed by atoms with Crippen molar-refractivity contribution < 1.29 is 8.42 Å². The zero-order valence-corrected chi connectivity index (χ0v) is 13.2. The van der Waals surface area contributed by atoms with E-state index in [4.69, 9.17) is 5.73 Å². The minimum Gasteiger partial charge on any atom is -0.328 e. The third kappa shape index (κ3) is 4.06. The highest BCUT2D eigenvalue weighted by Crippen LogP contribution is 2.19. The number of nitrogens with two attached hydrogens (primary N) is 1. The zero-order valence-electron chi connectivity index (χ0n) is 10.7. The van der Waals surface area contributed by atoms with Crippen LogP contribution in [-0.4, -0.2) is 41.6 Å². The van der Waals surface area contributed by atoms with Crippen LogP contribution in [0, 0.1) is 0 Å². The third-order valence-corrected chi connectivity index (χ3v) is 4.92. The van der Waals surface area contributed by atoms with Crippen molar-refractivity contribution in [1.82, 2.24) is 14.1 Å². The largest absolute Gasteiger partial charge is 0.328 e. The molecule has 2 rings (SSSR count). The summed E-state index contributed by atoms with van der Waals surface area (Å²) in [6.07, 6.45) is 4.43. The SMILES string of the molecule is CCn1cc(S(=O)(=O)N2CCC(N)CC2)cn1.Cl.Cl. The topological polar surface area (TPSA) is 81.2 Å². The first-order chi connectivity index (χ1) is 8.04. The molecule has 1 aromatic heterocycles. The van der Waals surface area contributed by atoms with Crippen molar-refractivity contribution in [3.8, 4) is 0 Å².